The topological polar surface area (TPSA) is 21.3 Å². The molecule has 21 heavy (non-hydrogen) atoms. The van der Waals surface area contributed by atoms with Crippen molar-refractivity contribution in [3.63, 3.8) is 0 Å². The van der Waals surface area contributed by atoms with Gasteiger partial charge in [-0.3, -0.25) is 0 Å². The highest BCUT2D eigenvalue weighted by Crippen LogP contribution is 2.30. The maximum atomic E-state index is 12.3. The molecular weight excluding hydrogens is 299 g/mol. The average molecular weight is 315 g/mol. The fourth-order valence-electron chi connectivity index (χ4n) is 2.02. The SMILES string of the molecule is CCCNC(c1cccc(OC(F)(F)F)c1)c1cccs1. The lowest BCUT2D eigenvalue weighted by atomic mass is 10.0. The third-order valence-corrected chi connectivity index (χ3v) is 3.79. The summed E-state index contributed by atoms with van der Waals surface area (Å²) in [5.41, 5.74) is 0.757. The third kappa shape index (κ3) is 4.75. The highest BCUT2D eigenvalue weighted by Gasteiger charge is 2.31. The molecule has 114 valence electrons. The number of alkyl halides is 3. The van der Waals surface area contributed by atoms with Crippen molar-refractivity contribution in [2.75, 3.05) is 6.54 Å². The first-order chi connectivity index (χ1) is 9.99. The molecule has 0 radical (unpaired) electrons. The highest BCUT2D eigenvalue weighted by molar-refractivity contribution is 7.10. The second-order valence-corrected chi connectivity index (χ2v) is 5.50. The van der Waals surface area contributed by atoms with Crippen molar-refractivity contribution < 1.29 is 17.9 Å². The number of ether oxygens (including phenoxy) is 1. The maximum Gasteiger partial charge on any atom is 0.573 e. The quantitative estimate of drug-likeness (QED) is 0.831. The Morgan fingerprint density at radius 2 is 2.05 bits per heavy atom. The molecule has 2 nitrogen and oxygen atoms in total. The van der Waals surface area contributed by atoms with Gasteiger partial charge < -0.3 is 10.1 Å². The molecule has 2 aromatic rings. The minimum atomic E-state index is -4.67. The molecule has 0 amide bonds. The van der Waals surface area contributed by atoms with Crippen LogP contribution in [0, 0.1) is 0 Å². The average Bonchev–Trinajstić information content (AvgIpc) is 2.91. The molecule has 1 N–H and O–H groups in total. The maximum absolute atomic E-state index is 12.3. The lowest BCUT2D eigenvalue weighted by molar-refractivity contribution is -0.274. The number of benzene rings is 1. The van der Waals surface area contributed by atoms with E-state index in [0.29, 0.717) is 0 Å². The van der Waals surface area contributed by atoms with Crippen molar-refractivity contribution in [2.24, 2.45) is 0 Å². The molecule has 0 bridgehead atoms. The molecule has 1 aromatic carbocycles. The van der Waals surface area contributed by atoms with Gasteiger partial charge in [-0.05, 0) is 42.1 Å². The van der Waals surface area contributed by atoms with Gasteiger partial charge in [0.1, 0.15) is 5.75 Å². The minimum Gasteiger partial charge on any atom is -0.406 e. The summed E-state index contributed by atoms with van der Waals surface area (Å²) in [6.45, 7) is 2.83. The molecule has 6 heteroatoms. The molecule has 2 rings (SSSR count). The van der Waals surface area contributed by atoms with Crippen LogP contribution < -0.4 is 10.1 Å². The standard InChI is InChI=1S/C15H16F3NOS/c1-2-8-19-14(13-7-4-9-21-13)11-5-3-6-12(10-11)20-15(16,17)18/h3-7,9-10,14,19H,2,8H2,1H3. The molecule has 1 atom stereocenters. The fraction of sp³-hybridized carbons (Fsp3) is 0.333. The van der Waals surface area contributed by atoms with Crippen LogP contribution in [0.15, 0.2) is 41.8 Å². The number of hydrogen-bond donors (Lipinski definition) is 1. The van der Waals surface area contributed by atoms with Crippen LogP contribution in [-0.4, -0.2) is 12.9 Å². The van der Waals surface area contributed by atoms with E-state index >= 15 is 0 Å². The van der Waals surface area contributed by atoms with Gasteiger partial charge in [-0.25, -0.2) is 0 Å². The first kappa shape index (κ1) is 15.9. The van der Waals surface area contributed by atoms with Crippen molar-refractivity contribution >= 4 is 11.3 Å². The Labute approximate surface area is 125 Å². The van der Waals surface area contributed by atoms with E-state index < -0.39 is 6.36 Å². The zero-order chi connectivity index (χ0) is 15.3. The zero-order valence-electron chi connectivity index (χ0n) is 11.5. The van der Waals surface area contributed by atoms with Gasteiger partial charge in [-0.1, -0.05) is 25.1 Å². The molecular formula is C15H16F3NOS. The largest absolute Gasteiger partial charge is 0.573 e. The van der Waals surface area contributed by atoms with E-state index in [9.17, 15) is 13.2 Å². The predicted octanol–water partition coefficient (Wildman–Crippen LogP) is 4.74. The van der Waals surface area contributed by atoms with Crippen LogP contribution in [0.5, 0.6) is 5.75 Å². The van der Waals surface area contributed by atoms with Gasteiger partial charge in [-0.15, -0.1) is 24.5 Å². The molecule has 0 fully saturated rings. The molecule has 0 aliphatic carbocycles. The summed E-state index contributed by atoms with van der Waals surface area (Å²) in [5, 5.41) is 5.30. The molecule has 0 spiro atoms. The Balaban J connectivity index is 2.25. The van der Waals surface area contributed by atoms with Gasteiger partial charge in [0, 0.05) is 4.88 Å². The van der Waals surface area contributed by atoms with E-state index in [1.165, 1.54) is 12.1 Å². The predicted molar refractivity (Wildman–Crippen MR) is 77.6 cm³/mol. The smallest absolute Gasteiger partial charge is 0.406 e. The van der Waals surface area contributed by atoms with E-state index in [1.54, 1.807) is 23.5 Å². The van der Waals surface area contributed by atoms with Gasteiger partial charge in [-0.2, -0.15) is 0 Å². The van der Waals surface area contributed by atoms with Crippen LogP contribution in [0.1, 0.15) is 29.8 Å². The summed E-state index contributed by atoms with van der Waals surface area (Å²) in [6.07, 6.45) is -3.73. The van der Waals surface area contributed by atoms with Gasteiger partial charge in [0.15, 0.2) is 0 Å². The van der Waals surface area contributed by atoms with E-state index in [2.05, 4.69) is 10.1 Å². The van der Waals surface area contributed by atoms with Gasteiger partial charge in [0.25, 0.3) is 0 Å². The van der Waals surface area contributed by atoms with E-state index in [0.717, 1.165) is 23.4 Å². The lowest BCUT2D eigenvalue weighted by Gasteiger charge is -2.19. The van der Waals surface area contributed by atoms with E-state index in [-0.39, 0.29) is 11.8 Å². The normalized spacial score (nSPS) is 13.1. The summed E-state index contributed by atoms with van der Waals surface area (Å²) in [5.74, 6) is -0.195. The number of halogens is 3. The summed E-state index contributed by atoms with van der Waals surface area (Å²) in [7, 11) is 0. The number of hydrogen-bond acceptors (Lipinski definition) is 3. The first-order valence-electron chi connectivity index (χ1n) is 6.62. The molecule has 0 aliphatic rings. The minimum absolute atomic E-state index is 0.123. The third-order valence-electron chi connectivity index (χ3n) is 2.85. The van der Waals surface area contributed by atoms with Crippen molar-refractivity contribution in [2.45, 2.75) is 25.7 Å². The summed E-state index contributed by atoms with van der Waals surface area (Å²) in [6, 6.07) is 9.89. The molecule has 0 aliphatic heterocycles. The Kier molecular flexibility index (Phi) is 5.25. The Bertz CT molecular complexity index is 554. The monoisotopic (exact) mass is 315 g/mol. The molecule has 0 saturated carbocycles. The molecule has 1 aromatic heterocycles. The van der Waals surface area contributed by atoms with Crippen LogP contribution >= 0.6 is 11.3 Å². The fourth-order valence-corrected chi connectivity index (χ4v) is 2.85. The zero-order valence-corrected chi connectivity index (χ0v) is 12.3. The molecule has 1 heterocycles. The second-order valence-electron chi connectivity index (χ2n) is 4.52. The van der Waals surface area contributed by atoms with Crippen LogP contribution in [0.25, 0.3) is 0 Å². The van der Waals surface area contributed by atoms with Crippen molar-refractivity contribution in [3.8, 4) is 5.75 Å². The molecule has 0 saturated heterocycles. The van der Waals surface area contributed by atoms with Crippen molar-refractivity contribution in [1.29, 1.82) is 0 Å². The van der Waals surface area contributed by atoms with Crippen molar-refractivity contribution in [1.82, 2.24) is 5.32 Å². The molecule has 1 unspecified atom stereocenters. The van der Waals surface area contributed by atoms with Gasteiger partial charge in [0.2, 0.25) is 0 Å². The van der Waals surface area contributed by atoms with E-state index in [4.69, 9.17) is 0 Å². The summed E-state index contributed by atoms with van der Waals surface area (Å²) >= 11 is 1.57. The Morgan fingerprint density at radius 3 is 2.67 bits per heavy atom. The van der Waals surface area contributed by atoms with Gasteiger partial charge >= 0.3 is 6.36 Å². The Hall–Kier alpha value is -1.53. The van der Waals surface area contributed by atoms with Crippen molar-refractivity contribution in [3.05, 3.63) is 52.2 Å². The van der Waals surface area contributed by atoms with Crippen LogP contribution in [0.4, 0.5) is 13.2 Å². The summed E-state index contributed by atoms with van der Waals surface area (Å²) in [4.78, 5) is 1.06. The summed E-state index contributed by atoms with van der Waals surface area (Å²) < 4.78 is 40.9. The Morgan fingerprint density at radius 1 is 1.24 bits per heavy atom. The number of nitrogens with one attached hydrogen (secondary N) is 1. The first-order valence-corrected chi connectivity index (χ1v) is 7.50. The van der Waals surface area contributed by atoms with Crippen LogP contribution in [0.3, 0.4) is 0 Å². The second kappa shape index (κ2) is 6.95. The highest BCUT2D eigenvalue weighted by atomic mass is 32.1. The number of thiophene rings is 1. The van der Waals surface area contributed by atoms with Crippen LogP contribution in [0.2, 0.25) is 0 Å². The van der Waals surface area contributed by atoms with Crippen LogP contribution in [-0.2, 0) is 0 Å². The number of rotatable bonds is 6. The van der Waals surface area contributed by atoms with E-state index in [1.807, 2.05) is 24.4 Å². The lowest BCUT2D eigenvalue weighted by Crippen LogP contribution is -2.23. The van der Waals surface area contributed by atoms with Gasteiger partial charge in [0.05, 0.1) is 6.04 Å².